The summed E-state index contributed by atoms with van der Waals surface area (Å²) >= 11 is 8.16. The first-order chi connectivity index (χ1) is 17.0. The van der Waals surface area contributed by atoms with Crippen molar-refractivity contribution in [1.29, 1.82) is 0 Å². The van der Waals surface area contributed by atoms with E-state index in [0.29, 0.717) is 36.1 Å². The van der Waals surface area contributed by atoms with Crippen LogP contribution in [0.15, 0.2) is 24.3 Å². The van der Waals surface area contributed by atoms with Crippen molar-refractivity contribution in [3.63, 3.8) is 0 Å². The number of hydrogen-bond donors (Lipinski definition) is 6. The molecule has 1 aromatic carbocycles. The molecule has 2 rings (SSSR count). The van der Waals surface area contributed by atoms with Crippen molar-refractivity contribution in [3.8, 4) is 0 Å². The number of benzene rings is 1. The molecule has 1 aliphatic heterocycles. The lowest BCUT2D eigenvalue weighted by Gasteiger charge is -2.18. The number of carbonyl (C=O) groups is 4. The summed E-state index contributed by atoms with van der Waals surface area (Å²) in [6, 6.07) is 6.57. The van der Waals surface area contributed by atoms with Gasteiger partial charge in [0, 0.05) is 48.3 Å². The minimum Gasteiger partial charge on any atom is -0.355 e. The van der Waals surface area contributed by atoms with E-state index in [9.17, 15) is 19.2 Å². The number of aldehydes is 2. The quantitative estimate of drug-likeness (QED) is 0.0526. The van der Waals surface area contributed by atoms with Gasteiger partial charge in [0.15, 0.2) is 0 Å². The van der Waals surface area contributed by atoms with E-state index >= 15 is 0 Å². The van der Waals surface area contributed by atoms with Crippen molar-refractivity contribution < 1.29 is 19.2 Å². The molecule has 0 bridgehead atoms. The number of rotatable bonds is 17. The fourth-order valence-corrected chi connectivity index (χ4v) is 6.90. The molecule has 9 nitrogen and oxygen atoms in total. The third-order valence-corrected chi connectivity index (χ3v) is 9.56. The fourth-order valence-electron chi connectivity index (χ4n) is 2.95. The standard InChI is InChI=1S/C20H29N5O4S6/c26-10-14(12-30)23-34-32-7-5-21-19(28)17-9-25(18-4-2-1-3-16(17)18)20(29)22-6-8-33-35-24-15(11-27)13-31/h1-4,10-11,14-15,17,23-24,30-31H,5-9,12-13H2,(H,21,28)(H,22,29)/t14-,15-,17?/m1/s1. The Balaban J connectivity index is 1.75. The smallest absolute Gasteiger partial charge is 0.321 e. The molecule has 1 aromatic rings. The number of para-hydroxylation sites is 1. The number of fused-ring (bicyclic) bond motifs is 1. The van der Waals surface area contributed by atoms with E-state index in [1.807, 2.05) is 24.3 Å². The summed E-state index contributed by atoms with van der Waals surface area (Å²) in [7, 11) is 5.69. The number of amides is 3. The SMILES string of the molecule is O=C[C@H](CS)NSSCCNC(=O)C1CN(C(=O)NCCSSN[C@H](C=O)CS)c2ccccc21. The van der Waals surface area contributed by atoms with Gasteiger partial charge >= 0.3 is 6.03 Å². The Labute approximate surface area is 232 Å². The van der Waals surface area contributed by atoms with Crippen molar-refractivity contribution in [2.24, 2.45) is 0 Å². The van der Waals surface area contributed by atoms with Crippen molar-refractivity contribution >= 4 is 99.0 Å². The summed E-state index contributed by atoms with van der Waals surface area (Å²) in [5, 5.41) is 5.83. The summed E-state index contributed by atoms with van der Waals surface area (Å²) in [5.74, 6) is 1.58. The molecule has 0 aromatic heterocycles. The second kappa shape index (κ2) is 17.7. The van der Waals surface area contributed by atoms with Crippen molar-refractivity contribution in [2.75, 3.05) is 47.5 Å². The van der Waals surface area contributed by atoms with E-state index in [0.717, 1.165) is 23.8 Å². The lowest BCUT2D eigenvalue weighted by Crippen LogP contribution is -2.42. The van der Waals surface area contributed by atoms with Crippen molar-refractivity contribution in [1.82, 2.24) is 20.1 Å². The van der Waals surface area contributed by atoms with Crippen LogP contribution in [0.3, 0.4) is 0 Å². The zero-order valence-corrected chi connectivity index (χ0v) is 23.8. The molecular weight excluding hydrogens is 567 g/mol. The maximum atomic E-state index is 12.8. The van der Waals surface area contributed by atoms with Crippen LogP contribution in [-0.4, -0.2) is 79.2 Å². The van der Waals surface area contributed by atoms with Gasteiger partial charge in [-0.3, -0.25) is 9.69 Å². The highest BCUT2D eigenvalue weighted by Crippen LogP contribution is 2.36. The Morgan fingerprint density at radius 3 is 2.11 bits per heavy atom. The first-order valence-electron chi connectivity index (χ1n) is 10.7. The molecule has 3 atom stereocenters. The van der Waals surface area contributed by atoms with Gasteiger partial charge in [0.05, 0.1) is 18.0 Å². The number of thiol groups is 2. The van der Waals surface area contributed by atoms with Crippen molar-refractivity contribution in [2.45, 2.75) is 18.0 Å². The van der Waals surface area contributed by atoms with E-state index in [1.54, 1.807) is 4.90 Å². The fraction of sp³-hybridized carbons (Fsp3) is 0.500. The van der Waals surface area contributed by atoms with Crippen LogP contribution in [0.25, 0.3) is 0 Å². The van der Waals surface area contributed by atoms with Gasteiger partial charge in [-0.05, 0) is 33.6 Å². The van der Waals surface area contributed by atoms with Gasteiger partial charge in [-0.1, -0.05) is 39.8 Å². The second-order valence-corrected chi connectivity index (χ2v) is 12.4. The van der Waals surface area contributed by atoms with Gasteiger partial charge in [-0.25, -0.2) is 14.2 Å². The first kappa shape index (κ1) is 30.5. The molecule has 1 aliphatic rings. The van der Waals surface area contributed by atoms with Gasteiger partial charge in [0.2, 0.25) is 5.91 Å². The number of anilines is 1. The van der Waals surface area contributed by atoms with Crippen LogP contribution in [0.1, 0.15) is 11.5 Å². The van der Waals surface area contributed by atoms with Crippen LogP contribution in [0.4, 0.5) is 10.5 Å². The number of carbonyl (C=O) groups excluding carboxylic acids is 4. The predicted octanol–water partition coefficient (Wildman–Crippen LogP) is 2.18. The summed E-state index contributed by atoms with van der Waals surface area (Å²) in [4.78, 5) is 48.8. The van der Waals surface area contributed by atoms with E-state index < -0.39 is 5.92 Å². The molecule has 3 amide bonds. The molecule has 0 aliphatic carbocycles. The lowest BCUT2D eigenvalue weighted by atomic mass is 10.0. The molecule has 4 N–H and O–H groups in total. The molecule has 1 heterocycles. The third-order valence-electron chi connectivity index (χ3n) is 4.71. The molecule has 0 saturated heterocycles. The normalized spacial score (nSPS) is 16.3. The Morgan fingerprint density at radius 1 is 0.971 bits per heavy atom. The molecule has 194 valence electrons. The Hall–Kier alpha value is -0.680. The maximum Gasteiger partial charge on any atom is 0.321 e. The molecule has 35 heavy (non-hydrogen) atoms. The first-order valence-corrected chi connectivity index (χ1v) is 16.6. The van der Waals surface area contributed by atoms with Crippen LogP contribution < -0.4 is 25.0 Å². The van der Waals surface area contributed by atoms with Gasteiger partial charge in [0.25, 0.3) is 0 Å². The monoisotopic (exact) mass is 595 g/mol. The van der Waals surface area contributed by atoms with Gasteiger partial charge in [-0.2, -0.15) is 25.3 Å². The topological polar surface area (TPSA) is 120 Å². The summed E-state index contributed by atoms with van der Waals surface area (Å²) in [6.07, 6.45) is 1.62. The van der Waals surface area contributed by atoms with E-state index in [-0.39, 0.29) is 30.6 Å². The zero-order chi connectivity index (χ0) is 25.5. The van der Waals surface area contributed by atoms with Crippen molar-refractivity contribution in [3.05, 3.63) is 29.8 Å². The minimum atomic E-state index is -0.438. The summed E-state index contributed by atoms with van der Waals surface area (Å²) in [6.45, 7) is 1.19. The zero-order valence-electron chi connectivity index (χ0n) is 18.8. The Morgan fingerprint density at radius 2 is 1.54 bits per heavy atom. The molecule has 0 spiro atoms. The van der Waals surface area contributed by atoms with Crippen LogP contribution in [0, 0.1) is 0 Å². The summed E-state index contributed by atoms with van der Waals surface area (Å²) < 4.78 is 5.96. The maximum absolute atomic E-state index is 12.8. The number of urea groups is 1. The van der Waals surface area contributed by atoms with Crippen LogP contribution >= 0.6 is 68.8 Å². The Kier molecular flexibility index (Phi) is 15.5. The number of nitrogens with one attached hydrogen (secondary N) is 4. The van der Waals surface area contributed by atoms with Crippen LogP contribution in [0.5, 0.6) is 0 Å². The highest BCUT2D eigenvalue weighted by molar-refractivity contribution is 8.76. The minimum absolute atomic E-state index is 0.126. The van der Waals surface area contributed by atoms with E-state index in [1.165, 1.54) is 43.5 Å². The average molecular weight is 596 g/mol. The highest BCUT2D eigenvalue weighted by atomic mass is 33.1. The third kappa shape index (κ3) is 10.3. The summed E-state index contributed by atoms with van der Waals surface area (Å²) in [5.41, 5.74) is 1.56. The molecule has 1 unspecified atom stereocenters. The molecule has 15 heteroatoms. The predicted molar refractivity (Wildman–Crippen MR) is 157 cm³/mol. The number of hydrogen-bond acceptors (Lipinski definition) is 12. The molecule has 0 saturated carbocycles. The molecular formula is C20H29N5O4S6. The Bertz CT molecular complexity index is 774. The van der Waals surface area contributed by atoms with Gasteiger partial charge in [0.1, 0.15) is 12.6 Å². The lowest BCUT2D eigenvalue weighted by molar-refractivity contribution is -0.122. The van der Waals surface area contributed by atoms with Crippen LogP contribution in [-0.2, 0) is 14.4 Å². The molecule has 0 radical (unpaired) electrons. The average Bonchev–Trinajstić information content (AvgIpc) is 3.28. The van der Waals surface area contributed by atoms with E-state index in [4.69, 9.17) is 0 Å². The second-order valence-electron chi connectivity index (χ2n) is 7.14. The van der Waals surface area contributed by atoms with E-state index in [2.05, 4.69) is 45.3 Å². The van der Waals surface area contributed by atoms with Gasteiger partial charge < -0.3 is 20.2 Å². The van der Waals surface area contributed by atoms with Crippen LogP contribution in [0.2, 0.25) is 0 Å². The number of nitrogens with zero attached hydrogens (tertiary/aromatic N) is 1. The molecule has 0 fully saturated rings. The highest BCUT2D eigenvalue weighted by Gasteiger charge is 2.36. The largest absolute Gasteiger partial charge is 0.355 e. The van der Waals surface area contributed by atoms with Gasteiger partial charge in [-0.15, -0.1) is 0 Å².